The largest absolute Gasteiger partial charge is 0.449 e. The molecule has 1 aromatic heterocycles. The number of hydrogen-bond acceptors (Lipinski definition) is 6. The van der Waals surface area contributed by atoms with Crippen molar-refractivity contribution >= 4 is 28.5 Å². The van der Waals surface area contributed by atoms with Crippen LogP contribution in [0.2, 0.25) is 0 Å². The first-order chi connectivity index (χ1) is 13.5. The predicted molar refractivity (Wildman–Crippen MR) is 102 cm³/mol. The monoisotopic (exact) mass is 378 g/mol. The van der Waals surface area contributed by atoms with Crippen LogP contribution >= 0.6 is 0 Å². The van der Waals surface area contributed by atoms with Gasteiger partial charge in [-0.1, -0.05) is 24.3 Å². The van der Waals surface area contributed by atoms with E-state index in [0.29, 0.717) is 22.4 Å². The minimum Gasteiger partial charge on any atom is -0.449 e. The molecule has 3 rings (SSSR count). The number of carbonyl (C=O) groups is 2. The maximum absolute atomic E-state index is 12.6. The van der Waals surface area contributed by atoms with E-state index in [9.17, 15) is 9.59 Å². The first-order valence-electron chi connectivity index (χ1n) is 8.55. The number of nitriles is 1. The van der Waals surface area contributed by atoms with Crippen molar-refractivity contribution < 1.29 is 23.5 Å². The molecule has 0 fully saturated rings. The fraction of sp³-hybridized carbons (Fsp3) is 0.190. The van der Waals surface area contributed by atoms with Gasteiger partial charge in [-0.25, -0.2) is 4.79 Å². The Morgan fingerprint density at radius 3 is 2.75 bits per heavy atom. The number of ether oxygens (including phenoxy) is 2. The molecular formula is C21H18N2O5. The van der Waals surface area contributed by atoms with Crippen LogP contribution in [0.3, 0.4) is 0 Å². The molecule has 0 aliphatic heterocycles. The Bertz CT molecular complexity index is 1060. The molecule has 1 heterocycles. The molecule has 1 atom stereocenters. The second-order valence-electron chi connectivity index (χ2n) is 6.07. The molecule has 0 radical (unpaired) electrons. The lowest BCUT2D eigenvalue weighted by atomic mass is 10.1. The highest BCUT2D eigenvalue weighted by atomic mass is 16.6. The molecule has 0 unspecified atom stereocenters. The summed E-state index contributed by atoms with van der Waals surface area (Å²) in [5, 5.41) is 12.3. The Balaban J connectivity index is 1.75. The average Bonchev–Trinajstić information content (AvgIpc) is 3.07. The van der Waals surface area contributed by atoms with Gasteiger partial charge in [-0.2, -0.15) is 5.26 Å². The zero-order valence-corrected chi connectivity index (χ0v) is 15.4. The van der Waals surface area contributed by atoms with E-state index in [2.05, 4.69) is 5.32 Å². The fourth-order valence-electron chi connectivity index (χ4n) is 2.73. The van der Waals surface area contributed by atoms with Crippen LogP contribution in [0.25, 0.3) is 11.0 Å². The van der Waals surface area contributed by atoms with E-state index < -0.39 is 18.0 Å². The van der Waals surface area contributed by atoms with Gasteiger partial charge in [-0.3, -0.25) is 4.79 Å². The molecule has 1 amide bonds. The third-order valence-electron chi connectivity index (χ3n) is 4.08. The van der Waals surface area contributed by atoms with Crippen LogP contribution in [0.5, 0.6) is 0 Å². The van der Waals surface area contributed by atoms with Crippen molar-refractivity contribution in [3.63, 3.8) is 0 Å². The smallest absolute Gasteiger partial charge is 0.375 e. The van der Waals surface area contributed by atoms with Crippen molar-refractivity contribution in [2.75, 3.05) is 12.4 Å². The Labute approximate surface area is 161 Å². The number of rotatable bonds is 6. The molecule has 0 spiro atoms. The van der Waals surface area contributed by atoms with Crippen LogP contribution in [0.4, 0.5) is 5.69 Å². The van der Waals surface area contributed by atoms with Crippen LogP contribution in [-0.4, -0.2) is 25.1 Å². The SMILES string of the molecule is COCc1c(C(=O)O[C@H](C)C(=O)Nc2cccc(C#N)c2)oc2ccccc12. The highest BCUT2D eigenvalue weighted by Gasteiger charge is 2.25. The molecule has 1 N–H and O–H groups in total. The van der Waals surface area contributed by atoms with Crippen LogP contribution in [-0.2, 0) is 20.9 Å². The van der Waals surface area contributed by atoms with Gasteiger partial charge in [0.25, 0.3) is 5.91 Å². The van der Waals surface area contributed by atoms with E-state index >= 15 is 0 Å². The summed E-state index contributed by atoms with van der Waals surface area (Å²) in [5.74, 6) is -1.27. The summed E-state index contributed by atoms with van der Waals surface area (Å²) in [7, 11) is 1.52. The van der Waals surface area contributed by atoms with Gasteiger partial charge in [0.1, 0.15) is 5.58 Å². The zero-order chi connectivity index (χ0) is 20.1. The number of anilines is 1. The lowest BCUT2D eigenvalue weighted by molar-refractivity contribution is -0.123. The highest BCUT2D eigenvalue weighted by molar-refractivity contribution is 5.99. The van der Waals surface area contributed by atoms with Gasteiger partial charge >= 0.3 is 5.97 Å². The Hall–Kier alpha value is -3.63. The summed E-state index contributed by atoms with van der Waals surface area (Å²) in [6, 6.07) is 15.6. The second-order valence-corrected chi connectivity index (χ2v) is 6.07. The van der Waals surface area contributed by atoms with E-state index in [-0.39, 0.29) is 12.4 Å². The maximum Gasteiger partial charge on any atom is 0.375 e. The Morgan fingerprint density at radius 1 is 1.21 bits per heavy atom. The topological polar surface area (TPSA) is 102 Å². The number of hydrogen-bond donors (Lipinski definition) is 1. The standard InChI is InChI=1S/C21H18N2O5/c1-13(20(24)23-15-7-5-6-14(10-15)11-22)27-21(25)19-17(12-26-2)16-8-3-4-9-18(16)28-19/h3-10,13H,12H2,1-2H3,(H,23,24)/t13-/m1/s1. The summed E-state index contributed by atoms with van der Waals surface area (Å²) in [4.78, 5) is 24.9. The molecule has 0 saturated carbocycles. The third kappa shape index (κ3) is 4.03. The molecule has 7 nitrogen and oxygen atoms in total. The number of furan rings is 1. The number of carbonyl (C=O) groups excluding carboxylic acids is 2. The van der Waals surface area contributed by atoms with E-state index in [1.54, 1.807) is 30.3 Å². The first kappa shape index (κ1) is 19.1. The van der Waals surface area contributed by atoms with Gasteiger partial charge in [-0.05, 0) is 31.2 Å². The molecule has 0 aliphatic carbocycles. The fourth-order valence-corrected chi connectivity index (χ4v) is 2.73. The van der Waals surface area contributed by atoms with Crippen molar-refractivity contribution in [2.24, 2.45) is 0 Å². The number of amides is 1. The van der Waals surface area contributed by atoms with Gasteiger partial charge < -0.3 is 19.2 Å². The van der Waals surface area contributed by atoms with Crippen molar-refractivity contribution in [3.05, 3.63) is 65.4 Å². The molecule has 7 heteroatoms. The average molecular weight is 378 g/mol. The van der Waals surface area contributed by atoms with Crippen LogP contribution < -0.4 is 5.32 Å². The minimum atomic E-state index is -1.07. The van der Waals surface area contributed by atoms with E-state index in [4.69, 9.17) is 19.2 Å². The molecule has 0 saturated heterocycles. The molecule has 3 aromatic rings. The predicted octanol–water partition coefficient (Wildman–Crippen LogP) is 3.63. The number of fused-ring (bicyclic) bond motifs is 1. The first-order valence-corrected chi connectivity index (χ1v) is 8.55. The lowest BCUT2D eigenvalue weighted by Crippen LogP contribution is -2.30. The van der Waals surface area contributed by atoms with Gasteiger partial charge in [0, 0.05) is 23.7 Å². The van der Waals surface area contributed by atoms with Gasteiger partial charge in [0.15, 0.2) is 6.10 Å². The molecular weight excluding hydrogens is 360 g/mol. The summed E-state index contributed by atoms with van der Waals surface area (Å²) < 4.78 is 16.1. The summed E-state index contributed by atoms with van der Waals surface area (Å²) >= 11 is 0. The molecule has 0 aliphatic rings. The quantitative estimate of drug-likeness (QED) is 0.657. The normalized spacial score (nSPS) is 11.6. The summed E-state index contributed by atoms with van der Waals surface area (Å²) in [6.45, 7) is 1.63. The maximum atomic E-state index is 12.6. The van der Waals surface area contributed by atoms with Gasteiger partial charge in [-0.15, -0.1) is 0 Å². The van der Waals surface area contributed by atoms with Crippen molar-refractivity contribution in [1.29, 1.82) is 5.26 Å². The van der Waals surface area contributed by atoms with Gasteiger partial charge in [0.2, 0.25) is 5.76 Å². The minimum absolute atomic E-state index is 0.00850. The molecule has 2 aromatic carbocycles. The van der Waals surface area contributed by atoms with Crippen molar-refractivity contribution in [2.45, 2.75) is 19.6 Å². The number of benzene rings is 2. The molecule has 142 valence electrons. The van der Waals surface area contributed by atoms with Crippen LogP contribution in [0.1, 0.15) is 28.6 Å². The molecule has 28 heavy (non-hydrogen) atoms. The number of esters is 1. The Kier molecular flexibility index (Phi) is 5.72. The second kappa shape index (κ2) is 8.37. The zero-order valence-electron chi connectivity index (χ0n) is 15.4. The molecule has 0 bridgehead atoms. The number of para-hydroxylation sites is 1. The van der Waals surface area contributed by atoms with E-state index in [1.807, 2.05) is 18.2 Å². The van der Waals surface area contributed by atoms with E-state index in [1.165, 1.54) is 20.1 Å². The lowest BCUT2D eigenvalue weighted by Gasteiger charge is -2.13. The third-order valence-corrected chi connectivity index (χ3v) is 4.08. The Morgan fingerprint density at radius 2 is 2.00 bits per heavy atom. The van der Waals surface area contributed by atoms with Gasteiger partial charge in [0.05, 0.1) is 18.2 Å². The summed E-state index contributed by atoms with van der Waals surface area (Å²) in [5.41, 5.74) is 1.95. The highest BCUT2D eigenvalue weighted by Crippen LogP contribution is 2.27. The van der Waals surface area contributed by atoms with Crippen molar-refractivity contribution in [1.82, 2.24) is 0 Å². The van der Waals surface area contributed by atoms with Crippen LogP contribution in [0, 0.1) is 11.3 Å². The van der Waals surface area contributed by atoms with E-state index in [0.717, 1.165) is 5.39 Å². The summed E-state index contributed by atoms with van der Waals surface area (Å²) in [6.07, 6.45) is -1.07. The number of nitrogens with zero attached hydrogens (tertiary/aromatic N) is 1. The van der Waals surface area contributed by atoms with Crippen molar-refractivity contribution in [3.8, 4) is 6.07 Å². The number of methoxy groups -OCH3 is 1. The number of nitrogens with one attached hydrogen (secondary N) is 1. The van der Waals surface area contributed by atoms with Crippen LogP contribution in [0.15, 0.2) is 52.9 Å².